The van der Waals surface area contributed by atoms with E-state index in [2.05, 4.69) is 6.92 Å². The minimum atomic E-state index is -0.397. The summed E-state index contributed by atoms with van der Waals surface area (Å²) in [5.41, 5.74) is 5.82. The second-order valence-corrected chi connectivity index (χ2v) is 4.13. The summed E-state index contributed by atoms with van der Waals surface area (Å²) >= 11 is 1.76. The van der Waals surface area contributed by atoms with Gasteiger partial charge in [0.15, 0.2) is 11.6 Å². The van der Waals surface area contributed by atoms with Crippen molar-refractivity contribution in [1.29, 1.82) is 0 Å². The summed E-state index contributed by atoms with van der Waals surface area (Å²) in [4.78, 5) is 0. The molecule has 78 valence electrons. The van der Waals surface area contributed by atoms with Crippen LogP contribution in [0.3, 0.4) is 0 Å². The van der Waals surface area contributed by atoms with E-state index in [0.29, 0.717) is 12.3 Å². The van der Waals surface area contributed by atoms with E-state index in [1.165, 1.54) is 6.07 Å². The van der Waals surface area contributed by atoms with Crippen molar-refractivity contribution in [3.63, 3.8) is 0 Å². The van der Waals surface area contributed by atoms with Crippen LogP contribution in [0.15, 0.2) is 18.2 Å². The average Bonchev–Trinajstić information content (AvgIpc) is 2.15. The lowest BCUT2D eigenvalue weighted by Gasteiger charge is -2.06. The SMILES string of the molecule is CCSCCOc1ccc(N)cc1F. The number of nitrogen functional groups attached to an aromatic ring is 1. The summed E-state index contributed by atoms with van der Waals surface area (Å²) in [6, 6.07) is 4.45. The van der Waals surface area contributed by atoms with Crippen LogP contribution >= 0.6 is 11.8 Å². The molecule has 0 heterocycles. The van der Waals surface area contributed by atoms with E-state index in [4.69, 9.17) is 10.5 Å². The molecule has 1 aromatic carbocycles. The molecule has 0 aliphatic heterocycles. The van der Waals surface area contributed by atoms with Crippen molar-refractivity contribution in [2.24, 2.45) is 0 Å². The molecule has 0 bridgehead atoms. The van der Waals surface area contributed by atoms with Gasteiger partial charge in [-0.2, -0.15) is 11.8 Å². The molecule has 0 saturated heterocycles. The molecule has 0 aliphatic carbocycles. The number of rotatable bonds is 5. The lowest BCUT2D eigenvalue weighted by atomic mass is 10.3. The van der Waals surface area contributed by atoms with Crippen LogP contribution in [0.1, 0.15) is 6.92 Å². The first kappa shape index (κ1) is 11.2. The van der Waals surface area contributed by atoms with E-state index >= 15 is 0 Å². The van der Waals surface area contributed by atoms with Crippen molar-refractivity contribution in [1.82, 2.24) is 0 Å². The van der Waals surface area contributed by atoms with E-state index < -0.39 is 5.82 Å². The summed E-state index contributed by atoms with van der Waals surface area (Å²) in [5, 5.41) is 0. The number of halogens is 1. The third-order valence-electron chi connectivity index (χ3n) is 1.65. The zero-order valence-electron chi connectivity index (χ0n) is 8.13. The molecule has 0 aromatic heterocycles. The number of ether oxygens (including phenoxy) is 1. The standard InChI is InChI=1S/C10H14FNOS/c1-2-14-6-5-13-10-4-3-8(12)7-9(10)11/h3-4,7H,2,5-6,12H2,1H3. The van der Waals surface area contributed by atoms with Crippen molar-refractivity contribution < 1.29 is 9.13 Å². The Morgan fingerprint density at radius 3 is 2.93 bits per heavy atom. The first-order valence-electron chi connectivity index (χ1n) is 4.49. The molecule has 0 aliphatic rings. The fraction of sp³-hybridized carbons (Fsp3) is 0.400. The molecule has 0 atom stereocenters. The third-order valence-corrected chi connectivity index (χ3v) is 2.51. The van der Waals surface area contributed by atoms with Gasteiger partial charge < -0.3 is 10.5 Å². The maximum absolute atomic E-state index is 13.1. The number of benzene rings is 1. The normalized spacial score (nSPS) is 10.1. The van der Waals surface area contributed by atoms with Crippen LogP contribution in [-0.2, 0) is 0 Å². The highest BCUT2D eigenvalue weighted by Gasteiger charge is 2.02. The van der Waals surface area contributed by atoms with Crippen LogP contribution in [0.4, 0.5) is 10.1 Å². The van der Waals surface area contributed by atoms with E-state index in [1.807, 2.05) is 0 Å². The van der Waals surface area contributed by atoms with Crippen LogP contribution in [0.5, 0.6) is 5.75 Å². The van der Waals surface area contributed by atoms with Crippen molar-refractivity contribution in [3.05, 3.63) is 24.0 Å². The van der Waals surface area contributed by atoms with Gasteiger partial charge in [0, 0.05) is 17.5 Å². The largest absolute Gasteiger partial charge is 0.490 e. The highest BCUT2D eigenvalue weighted by atomic mass is 32.2. The second kappa shape index (κ2) is 5.75. The van der Waals surface area contributed by atoms with E-state index in [0.717, 1.165) is 11.5 Å². The van der Waals surface area contributed by atoms with E-state index in [-0.39, 0.29) is 5.75 Å². The zero-order chi connectivity index (χ0) is 10.4. The maximum atomic E-state index is 13.1. The van der Waals surface area contributed by atoms with Gasteiger partial charge in [-0.25, -0.2) is 4.39 Å². The lowest BCUT2D eigenvalue weighted by Crippen LogP contribution is -2.02. The zero-order valence-corrected chi connectivity index (χ0v) is 8.94. The molecule has 1 aromatic rings. The molecule has 2 nitrogen and oxygen atoms in total. The van der Waals surface area contributed by atoms with Crippen LogP contribution in [0.2, 0.25) is 0 Å². The molecular formula is C10H14FNOS. The molecule has 0 saturated carbocycles. The smallest absolute Gasteiger partial charge is 0.167 e. The van der Waals surface area contributed by atoms with Gasteiger partial charge in [0.05, 0.1) is 6.61 Å². The molecule has 0 radical (unpaired) electrons. The van der Waals surface area contributed by atoms with Gasteiger partial charge in [-0.15, -0.1) is 0 Å². The Balaban J connectivity index is 2.42. The summed E-state index contributed by atoms with van der Waals surface area (Å²) in [6.45, 7) is 2.60. The summed E-state index contributed by atoms with van der Waals surface area (Å²) in [6.07, 6.45) is 0. The molecule has 0 fully saturated rings. The Kier molecular flexibility index (Phi) is 4.59. The number of hydrogen-bond acceptors (Lipinski definition) is 3. The summed E-state index contributed by atoms with van der Waals surface area (Å²) in [5.74, 6) is 1.80. The van der Waals surface area contributed by atoms with E-state index in [9.17, 15) is 4.39 Å². The Labute approximate surface area is 87.6 Å². The molecule has 0 unspecified atom stereocenters. The van der Waals surface area contributed by atoms with Crippen molar-refractivity contribution in [2.75, 3.05) is 23.8 Å². The number of hydrogen-bond donors (Lipinski definition) is 1. The quantitative estimate of drug-likeness (QED) is 0.605. The molecular weight excluding hydrogens is 201 g/mol. The Morgan fingerprint density at radius 1 is 1.50 bits per heavy atom. The average molecular weight is 215 g/mol. The van der Waals surface area contributed by atoms with Gasteiger partial charge >= 0.3 is 0 Å². The van der Waals surface area contributed by atoms with Crippen LogP contribution in [-0.4, -0.2) is 18.1 Å². The molecule has 2 N–H and O–H groups in total. The van der Waals surface area contributed by atoms with Gasteiger partial charge in [-0.1, -0.05) is 6.92 Å². The Morgan fingerprint density at radius 2 is 2.29 bits per heavy atom. The minimum absolute atomic E-state index is 0.274. The second-order valence-electron chi connectivity index (χ2n) is 2.74. The lowest BCUT2D eigenvalue weighted by molar-refractivity contribution is 0.325. The Hall–Kier alpha value is -0.900. The molecule has 0 spiro atoms. The molecule has 1 rings (SSSR count). The third kappa shape index (κ3) is 3.46. The van der Waals surface area contributed by atoms with Gasteiger partial charge in [0.25, 0.3) is 0 Å². The van der Waals surface area contributed by atoms with E-state index in [1.54, 1.807) is 23.9 Å². The highest BCUT2D eigenvalue weighted by Crippen LogP contribution is 2.19. The summed E-state index contributed by atoms with van der Waals surface area (Å²) in [7, 11) is 0. The number of nitrogens with two attached hydrogens (primary N) is 1. The van der Waals surface area contributed by atoms with Crippen molar-refractivity contribution in [3.8, 4) is 5.75 Å². The predicted octanol–water partition coefficient (Wildman–Crippen LogP) is 2.54. The first-order valence-corrected chi connectivity index (χ1v) is 5.65. The summed E-state index contributed by atoms with van der Waals surface area (Å²) < 4.78 is 18.4. The van der Waals surface area contributed by atoms with Crippen LogP contribution < -0.4 is 10.5 Å². The monoisotopic (exact) mass is 215 g/mol. The highest BCUT2D eigenvalue weighted by molar-refractivity contribution is 7.99. The number of anilines is 1. The number of thioether (sulfide) groups is 1. The molecule has 14 heavy (non-hydrogen) atoms. The molecule has 0 amide bonds. The van der Waals surface area contributed by atoms with Gasteiger partial charge in [-0.3, -0.25) is 0 Å². The minimum Gasteiger partial charge on any atom is -0.490 e. The van der Waals surface area contributed by atoms with Crippen molar-refractivity contribution >= 4 is 17.4 Å². The van der Waals surface area contributed by atoms with Gasteiger partial charge in [0.2, 0.25) is 0 Å². The maximum Gasteiger partial charge on any atom is 0.167 e. The Bertz CT molecular complexity index is 293. The first-order chi connectivity index (χ1) is 6.74. The topological polar surface area (TPSA) is 35.2 Å². The van der Waals surface area contributed by atoms with Gasteiger partial charge in [0.1, 0.15) is 0 Å². The van der Waals surface area contributed by atoms with Crippen molar-refractivity contribution in [2.45, 2.75) is 6.92 Å². The fourth-order valence-corrected chi connectivity index (χ4v) is 1.48. The van der Waals surface area contributed by atoms with Crippen LogP contribution in [0, 0.1) is 5.82 Å². The van der Waals surface area contributed by atoms with Gasteiger partial charge in [-0.05, 0) is 17.9 Å². The fourth-order valence-electron chi connectivity index (χ4n) is 0.989. The molecule has 4 heteroatoms. The van der Waals surface area contributed by atoms with Crippen LogP contribution in [0.25, 0.3) is 0 Å². The predicted molar refractivity (Wildman–Crippen MR) is 59.3 cm³/mol.